The highest BCUT2D eigenvalue weighted by atomic mass is 35.5. The normalized spacial score (nSPS) is 31.3. The topological polar surface area (TPSA) is 66.8 Å². The van der Waals surface area contributed by atoms with E-state index in [1.165, 1.54) is 32.1 Å². The van der Waals surface area contributed by atoms with Gasteiger partial charge in [0, 0.05) is 15.5 Å². The molecule has 2 aliphatic rings. The van der Waals surface area contributed by atoms with E-state index in [2.05, 4.69) is 11.5 Å². The predicted octanol–water partition coefficient (Wildman–Crippen LogP) is 3.59. The van der Waals surface area contributed by atoms with Gasteiger partial charge in [-0.2, -0.15) is 0 Å². The van der Waals surface area contributed by atoms with Crippen LogP contribution >= 0.6 is 23.2 Å². The van der Waals surface area contributed by atoms with Crippen LogP contribution in [0.1, 0.15) is 20.3 Å². The molecule has 2 rings (SSSR count). The number of carbonyl (C=O) groups excluding carboxylic acids is 1. The summed E-state index contributed by atoms with van der Waals surface area (Å²) in [4.78, 5) is 14.8. The molecule has 132 valence electrons. The Balaban J connectivity index is 2.68. The molecule has 0 heterocycles. The van der Waals surface area contributed by atoms with Gasteiger partial charge in [0.25, 0.3) is 0 Å². The Kier molecular flexibility index (Phi) is 4.51. The molecule has 0 aromatic carbocycles. The smallest absolute Gasteiger partial charge is 0.361 e. The van der Waals surface area contributed by atoms with E-state index in [1.54, 1.807) is 0 Å². The van der Waals surface area contributed by atoms with E-state index in [1.807, 2.05) is 0 Å². The molecule has 0 saturated heterocycles. The van der Waals surface area contributed by atoms with Gasteiger partial charge in [0.05, 0.1) is 0 Å². The van der Waals surface area contributed by atoms with Crippen molar-refractivity contribution in [1.82, 2.24) is 0 Å². The fourth-order valence-corrected chi connectivity index (χ4v) is 3.94. The van der Waals surface area contributed by atoms with Crippen LogP contribution in [0.3, 0.4) is 0 Å². The molecule has 2 unspecified atom stereocenters. The Morgan fingerprint density at radius 2 is 2.00 bits per heavy atom. The highest BCUT2D eigenvalue weighted by molar-refractivity contribution is 6.56. The second-order valence-corrected chi connectivity index (χ2v) is 7.43. The van der Waals surface area contributed by atoms with Crippen LogP contribution in [0.5, 0.6) is 0 Å². The van der Waals surface area contributed by atoms with Crippen LogP contribution in [0.25, 0.3) is 0 Å². The summed E-state index contributed by atoms with van der Waals surface area (Å²) in [7, 11) is 0. The lowest BCUT2D eigenvalue weighted by Crippen LogP contribution is -2.47. The number of halogens is 4. The van der Waals surface area contributed by atoms with E-state index in [9.17, 15) is 19.5 Å². The monoisotopic (exact) mass is 380 g/mol. The van der Waals surface area contributed by atoms with Crippen molar-refractivity contribution in [3.63, 3.8) is 0 Å². The molecule has 24 heavy (non-hydrogen) atoms. The van der Waals surface area contributed by atoms with Crippen molar-refractivity contribution in [3.8, 4) is 0 Å². The fourth-order valence-electron chi connectivity index (χ4n) is 3.61. The van der Waals surface area contributed by atoms with Gasteiger partial charge in [-0.3, -0.25) is 4.94 Å². The maximum atomic E-state index is 15.4. The fraction of sp³-hybridized carbons (Fsp3) is 0.438. The molecule has 0 aromatic rings. The number of allylic oxidation sites excluding steroid dienone is 3. The van der Waals surface area contributed by atoms with Crippen molar-refractivity contribution in [2.24, 2.45) is 10.8 Å². The summed E-state index contributed by atoms with van der Waals surface area (Å²) in [5.74, 6) is -4.80. The molecular formula is C16H16Cl2F2O4. The molecule has 0 radical (unpaired) electrons. The molecule has 8 heteroatoms. The Bertz CT molecular complexity index is 692. The third-order valence-electron chi connectivity index (χ3n) is 5.04. The van der Waals surface area contributed by atoms with Crippen LogP contribution in [0.2, 0.25) is 0 Å². The molecule has 0 bridgehead atoms. The first-order valence-electron chi connectivity index (χ1n) is 6.97. The van der Waals surface area contributed by atoms with Crippen molar-refractivity contribution in [2.45, 2.75) is 31.7 Å². The molecule has 0 aromatic heterocycles. The van der Waals surface area contributed by atoms with Crippen LogP contribution in [0.4, 0.5) is 8.92 Å². The first kappa shape index (κ1) is 19.1. The minimum absolute atomic E-state index is 0.0972. The van der Waals surface area contributed by atoms with Gasteiger partial charge in [0.2, 0.25) is 11.5 Å². The van der Waals surface area contributed by atoms with Crippen molar-refractivity contribution >= 4 is 29.2 Å². The number of carbonyl (C=O) groups is 1. The molecule has 0 aliphatic heterocycles. The quantitative estimate of drug-likeness (QED) is 0.731. The number of hydrogen-bond acceptors (Lipinski definition) is 4. The van der Waals surface area contributed by atoms with Gasteiger partial charge in [-0.25, -0.2) is 9.18 Å². The zero-order valence-electron chi connectivity index (χ0n) is 12.9. The van der Waals surface area contributed by atoms with E-state index in [0.717, 1.165) is 6.08 Å². The summed E-state index contributed by atoms with van der Waals surface area (Å²) in [5, 5.41) is 21.5. The van der Waals surface area contributed by atoms with E-state index in [4.69, 9.17) is 23.2 Å². The maximum absolute atomic E-state index is 15.4. The summed E-state index contributed by atoms with van der Waals surface area (Å²) in [6.07, 6.45) is 5.33. The van der Waals surface area contributed by atoms with Gasteiger partial charge in [0.1, 0.15) is 9.91 Å². The average molecular weight is 381 g/mol. The van der Waals surface area contributed by atoms with Crippen LogP contribution in [0, 0.1) is 10.8 Å². The third-order valence-corrected chi connectivity index (χ3v) is 5.26. The Morgan fingerprint density at radius 3 is 2.42 bits per heavy atom. The highest BCUT2D eigenvalue weighted by Crippen LogP contribution is 2.80. The lowest BCUT2D eigenvalue weighted by Gasteiger charge is -2.34. The van der Waals surface area contributed by atoms with E-state index < -0.39 is 32.7 Å². The lowest BCUT2D eigenvalue weighted by molar-refractivity contribution is -0.207. The predicted molar refractivity (Wildman–Crippen MR) is 85.2 cm³/mol. The Hall–Kier alpha value is -1.21. The van der Waals surface area contributed by atoms with Crippen molar-refractivity contribution in [3.05, 3.63) is 46.5 Å². The zero-order valence-corrected chi connectivity index (χ0v) is 14.5. The van der Waals surface area contributed by atoms with Gasteiger partial charge >= 0.3 is 5.97 Å². The minimum atomic E-state index is -3.10. The van der Waals surface area contributed by atoms with E-state index in [0.29, 0.717) is 5.57 Å². The third kappa shape index (κ3) is 2.13. The SMILES string of the molecule is C=C1C=CC(C(O)(O)C2(C=C(Cl)Cl)C(C)(C)C2(F)C(=O)OF)=CC1. The van der Waals surface area contributed by atoms with Gasteiger partial charge < -0.3 is 10.2 Å². The largest absolute Gasteiger partial charge is 0.387 e. The number of rotatable bonds is 4. The van der Waals surface area contributed by atoms with E-state index >= 15 is 4.39 Å². The molecule has 2 aliphatic carbocycles. The second-order valence-electron chi connectivity index (χ2n) is 6.42. The standard InChI is InChI=1S/C16H16Cl2F2O4/c1-9-4-6-10(7-5-9)16(22,23)14(8-11(17)18)13(2,3)15(14,19)12(21)24-20/h4,6-8,22-23H,1,5H2,2-3H3. The zero-order chi connectivity index (χ0) is 18.6. The number of aliphatic hydroxyl groups is 2. The summed E-state index contributed by atoms with van der Waals surface area (Å²) < 4.78 is 27.4. The van der Waals surface area contributed by atoms with Crippen molar-refractivity contribution in [1.29, 1.82) is 0 Å². The van der Waals surface area contributed by atoms with Gasteiger partial charge in [-0.1, -0.05) is 67.4 Å². The summed E-state index contributed by atoms with van der Waals surface area (Å²) >= 11 is 11.2. The molecule has 1 saturated carbocycles. The minimum Gasteiger partial charge on any atom is -0.361 e. The molecule has 1 fully saturated rings. The summed E-state index contributed by atoms with van der Waals surface area (Å²) in [6.45, 7) is 6.13. The van der Waals surface area contributed by atoms with Gasteiger partial charge in [0.15, 0.2) is 0 Å². The molecule has 0 spiro atoms. The first-order valence-corrected chi connectivity index (χ1v) is 7.72. The summed E-state index contributed by atoms with van der Waals surface area (Å²) in [5.41, 5.74) is -6.63. The second kappa shape index (κ2) is 5.66. The van der Waals surface area contributed by atoms with Crippen molar-refractivity contribution in [2.75, 3.05) is 0 Å². The van der Waals surface area contributed by atoms with Gasteiger partial charge in [-0.15, -0.1) is 0 Å². The van der Waals surface area contributed by atoms with Crippen LogP contribution < -0.4 is 0 Å². The van der Waals surface area contributed by atoms with Crippen molar-refractivity contribution < 1.29 is 28.9 Å². The lowest BCUT2D eigenvalue weighted by atomic mass is 9.79. The molecule has 2 atom stereocenters. The maximum Gasteiger partial charge on any atom is 0.387 e. The van der Waals surface area contributed by atoms with Crippen LogP contribution in [0.15, 0.2) is 46.5 Å². The van der Waals surface area contributed by atoms with Crippen LogP contribution in [-0.2, 0) is 9.74 Å². The molecule has 4 nitrogen and oxygen atoms in total. The van der Waals surface area contributed by atoms with Gasteiger partial charge in [-0.05, 0) is 12.5 Å². The molecular weight excluding hydrogens is 365 g/mol. The number of hydrogen-bond donors (Lipinski definition) is 2. The molecule has 2 N–H and O–H groups in total. The summed E-state index contributed by atoms with van der Waals surface area (Å²) in [6, 6.07) is 0. The first-order chi connectivity index (χ1) is 10.9. The Labute approximate surface area is 147 Å². The highest BCUT2D eigenvalue weighted by Gasteiger charge is 2.95. The number of alkyl halides is 1. The van der Waals surface area contributed by atoms with E-state index in [-0.39, 0.29) is 12.0 Å². The Morgan fingerprint density at radius 1 is 1.42 bits per heavy atom. The average Bonchev–Trinajstić information content (AvgIpc) is 2.89. The molecule has 0 amide bonds. The van der Waals surface area contributed by atoms with Crippen LogP contribution in [-0.4, -0.2) is 27.6 Å².